The van der Waals surface area contributed by atoms with E-state index in [2.05, 4.69) is 29.6 Å². The molecule has 6 nitrogen and oxygen atoms in total. The van der Waals surface area contributed by atoms with Crippen LogP contribution in [0.1, 0.15) is 41.0 Å². The van der Waals surface area contributed by atoms with Gasteiger partial charge in [-0.25, -0.2) is 4.79 Å². The molecule has 1 aliphatic carbocycles. The number of ether oxygens (including phenoxy) is 1. The number of likely N-dealkylation sites (tertiary alicyclic amines) is 1. The Morgan fingerprint density at radius 3 is 2.31 bits per heavy atom. The number of aromatic hydroxyl groups is 1. The number of amides is 2. The number of nitrogens with zero attached hydrogens (tertiary/aromatic N) is 1. The number of hydrogen-bond donors (Lipinski definition) is 2. The van der Waals surface area contributed by atoms with Gasteiger partial charge in [-0.15, -0.1) is 0 Å². The van der Waals surface area contributed by atoms with Crippen LogP contribution in [0.4, 0.5) is 18.0 Å². The highest BCUT2D eigenvalue weighted by atomic mass is 19.4. The largest absolute Gasteiger partial charge is 0.508 e. The molecule has 39 heavy (non-hydrogen) atoms. The molecule has 1 heterocycles. The maximum Gasteiger partial charge on any atom is 0.416 e. The minimum atomic E-state index is -4.54. The molecule has 5 rings (SSSR count). The molecule has 0 spiro atoms. The van der Waals surface area contributed by atoms with Crippen molar-refractivity contribution in [3.05, 3.63) is 89.0 Å². The van der Waals surface area contributed by atoms with Crippen molar-refractivity contribution in [2.45, 2.75) is 31.4 Å². The van der Waals surface area contributed by atoms with Crippen LogP contribution in [0.5, 0.6) is 5.75 Å². The van der Waals surface area contributed by atoms with Crippen LogP contribution in [0.25, 0.3) is 11.1 Å². The Morgan fingerprint density at radius 2 is 1.67 bits per heavy atom. The van der Waals surface area contributed by atoms with Crippen molar-refractivity contribution in [1.29, 1.82) is 0 Å². The SMILES string of the molecule is O=C(NCCc1ccc(C(F)(F)F)cc1O)[C@@H]1CCCN(C(=O)OCC2c3ccccc3-c3ccccc32)C1. The summed E-state index contributed by atoms with van der Waals surface area (Å²) in [4.78, 5) is 27.3. The molecule has 1 fully saturated rings. The fourth-order valence-corrected chi connectivity index (χ4v) is 5.46. The summed E-state index contributed by atoms with van der Waals surface area (Å²) in [5, 5.41) is 12.7. The fourth-order valence-electron chi connectivity index (χ4n) is 5.46. The Kier molecular flexibility index (Phi) is 7.50. The van der Waals surface area contributed by atoms with Gasteiger partial charge in [-0.05, 0) is 59.2 Å². The van der Waals surface area contributed by atoms with Crippen LogP contribution in [-0.4, -0.2) is 48.2 Å². The normalized spacial score (nSPS) is 16.9. The number of fused-ring (bicyclic) bond motifs is 3. The standard InChI is InChI=1S/C30H29F3N2O4/c31-30(32,33)21-12-11-19(27(36)16-21)13-14-34-28(37)20-6-5-15-35(17-20)29(38)39-18-26-24-9-3-1-7-22(24)23-8-2-4-10-25(23)26/h1-4,7-12,16,20,26,36H,5-6,13-15,17-18H2,(H,34,37)/t20-/m1/s1. The number of benzene rings is 3. The van der Waals surface area contributed by atoms with Crippen LogP contribution in [0.15, 0.2) is 66.7 Å². The van der Waals surface area contributed by atoms with Gasteiger partial charge in [-0.1, -0.05) is 54.6 Å². The van der Waals surface area contributed by atoms with E-state index in [0.717, 1.165) is 28.3 Å². The second kappa shape index (κ2) is 11.0. The molecule has 1 saturated heterocycles. The fraction of sp³-hybridized carbons (Fsp3) is 0.333. The molecule has 0 aromatic heterocycles. The van der Waals surface area contributed by atoms with Gasteiger partial charge < -0.3 is 20.1 Å². The number of rotatable bonds is 6. The zero-order valence-electron chi connectivity index (χ0n) is 21.2. The van der Waals surface area contributed by atoms with E-state index in [1.165, 1.54) is 6.07 Å². The highest BCUT2D eigenvalue weighted by molar-refractivity contribution is 5.80. The van der Waals surface area contributed by atoms with Gasteiger partial charge in [0.05, 0.1) is 11.5 Å². The quantitative estimate of drug-likeness (QED) is 0.420. The lowest BCUT2D eigenvalue weighted by atomic mass is 9.97. The average Bonchev–Trinajstić information content (AvgIpc) is 3.25. The third-order valence-electron chi connectivity index (χ3n) is 7.49. The van der Waals surface area contributed by atoms with Crippen LogP contribution in [-0.2, 0) is 22.1 Å². The molecule has 3 aromatic carbocycles. The summed E-state index contributed by atoms with van der Waals surface area (Å²) < 4.78 is 44.1. The predicted octanol–water partition coefficient (Wildman–Crippen LogP) is 5.73. The second-order valence-electron chi connectivity index (χ2n) is 9.97. The lowest BCUT2D eigenvalue weighted by molar-refractivity contribution is -0.137. The number of alkyl halides is 3. The molecule has 9 heteroatoms. The average molecular weight is 539 g/mol. The topological polar surface area (TPSA) is 78.9 Å². The van der Waals surface area contributed by atoms with Crippen molar-refractivity contribution in [2.24, 2.45) is 5.92 Å². The van der Waals surface area contributed by atoms with Crippen molar-refractivity contribution < 1.29 is 32.6 Å². The smallest absolute Gasteiger partial charge is 0.416 e. The highest BCUT2D eigenvalue weighted by Gasteiger charge is 2.33. The number of carbonyl (C=O) groups excluding carboxylic acids is 2. The van der Waals surface area contributed by atoms with Gasteiger partial charge >= 0.3 is 12.3 Å². The summed E-state index contributed by atoms with van der Waals surface area (Å²) in [7, 11) is 0. The molecular formula is C30H29F3N2O4. The van der Waals surface area contributed by atoms with E-state index in [0.29, 0.717) is 31.0 Å². The van der Waals surface area contributed by atoms with Crippen molar-refractivity contribution in [3.63, 3.8) is 0 Å². The first-order chi connectivity index (χ1) is 18.7. The summed E-state index contributed by atoms with van der Waals surface area (Å²) >= 11 is 0. The van der Waals surface area contributed by atoms with Gasteiger partial charge in [0.2, 0.25) is 5.91 Å². The summed E-state index contributed by atoms with van der Waals surface area (Å²) in [5.41, 5.74) is 3.93. The summed E-state index contributed by atoms with van der Waals surface area (Å²) in [6, 6.07) is 19.0. The van der Waals surface area contributed by atoms with Crippen LogP contribution >= 0.6 is 0 Å². The molecule has 0 radical (unpaired) electrons. The number of piperidine rings is 1. The zero-order valence-corrected chi connectivity index (χ0v) is 21.2. The molecule has 3 aromatic rings. The molecule has 0 unspecified atom stereocenters. The van der Waals surface area contributed by atoms with Crippen molar-refractivity contribution in [1.82, 2.24) is 10.2 Å². The number of halogens is 3. The van der Waals surface area contributed by atoms with Crippen molar-refractivity contribution >= 4 is 12.0 Å². The summed E-state index contributed by atoms with van der Waals surface area (Å²) in [6.07, 6.45) is -3.54. The lowest BCUT2D eigenvalue weighted by Crippen LogP contribution is -2.46. The molecular weight excluding hydrogens is 509 g/mol. The first-order valence-electron chi connectivity index (χ1n) is 13.0. The van der Waals surface area contributed by atoms with E-state index >= 15 is 0 Å². The van der Waals surface area contributed by atoms with Crippen LogP contribution in [0.2, 0.25) is 0 Å². The van der Waals surface area contributed by atoms with E-state index < -0.39 is 29.5 Å². The van der Waals surface area contributed by atoms with Crippen LogP contribution < -0.4 is 5.32 Å². The highest BCUT2D eigenvalue weighted by Crippen LogP contribution is 2.44. The molecule has 204 valence electrons. The van der Waals surface area contributed by atoms with Gasteiger partial charge in [0.1, 0.15) is 12.4 Å². The van der Waals surface area contributed by atoms with E-state index in [1.54, 1.807) is 4.90 Å². The van der Waals surface area contributed by atoms with E-state index in [4.69, 9.17) is 4.74 Å². The van der Waals surface area contributed by atoms with Crippen molar-refractivity contribution in [3.8, 4) is 16.9 Å². The van der Waals surface area contributed by atoms with E-state index in [1.807, 2.05) is 24.3 Å². The van der Waals surface area contributed by atoms with Crippen LogP contribution in [0.3, 0.4) is 0 Å². The maximum atomic E-state index is 12.9. The van der Waals surface area contributed by atoms with Gasteiger partial charge in [0, 0.05) is 25.6 Å². The van der Waals surface area contributed by atoms with Gasteiger partial charge in [0.15, 0.2) is 0 Å². The van der Waals surface area contributed by atoms with Gasteiger partial charge in [-0.2, -0.15) is 13.2 Å². The van der Waals surface area contributed by atoms with E-state index in [-0.39, 0.29) is 37.9 Å². The van der Waals surface area contributed by atoms with Crippen molar-refractivity contribution in [2.75, 3.05) is 26.2 Å². The molecule has 2 N–H and O–H groups in total. The first-order valence-corrected chi connectivity index (χ1v) is 13.0. The lowest BCUT2D eigenvalue weighted by Gasteiger charge is -2.31. The van der Waals surface area contributed by atoms with Gasteiger partial charge in [-0.3, -0.25) is 4.79 Å². The Bertz CT molecular complexity index is 1330. The first kappa shape index (κ1) is 26.6. The van der Waals surface area contributed by atoms with E-state index in [9.17, 15) is 27.9 Å². The Balaban J connectivity index is 1.13. The second-order valence-corrected chi connectivity index (χ2v) is 9.97. The molecule has 1 atom stereocenters. The molecule has 1 aliphatic heterocycles. The molecule has 2 amide bonds. The zero-order chi connectivity index (χ0) is 27.6. The van der Waals surface area contributed by atoms with Crippen LogP contribution in [0, 0.1) is 5.92 Å². The molecule has 0 saturated carbocycles. The minimum Gasteiger partial charge on any atom is -0.508 e. The molecule has 2 aliphatic rings. The molecule has 0 bridgehead atoms. The number of nitrogens with one attached hydrogen (secondary N) is 1. The number of carbonyl (C=O) groups is 2. The Morgan fingerprint density at radius 1 is 1.00 bits per heavy atom. The minimum absolute atomic E-state index is 0.0492. The third kappa shape index (κ3) is 5.72. The number of phenolic OH excluding ortho intramolecular Hbond substituents is 1. The third-order valence-corrected chi connectivity index (χ3v) is 7.49. The Hall–Kier alpha value is -4.01. The summed E-state index contributed by atoms with van der Waals surface area (Å²) in [5.74, 6) is -1.16. The monoisotopic (exact) mass is 538 g/mol. The summed E-state index contributed by atoms with van der Waals surface area (Å²) in [6.45, 7) is 1.09. The predicted molar refractivity (Wildman–Crippen MR) is 139 cm³/mol. The van der Waals surface area contributed by atoms with Gasteiger partial charge in [0.25, 0.3) is 0 Å². The number of phenols is 1. The number of hydrogen-bond acceptors (Lipinski definition) is 4. The Labute approximate surface area is 224 Å². The maximum absolute atomic E-state index is 12.9.